The number of carbonyl (C=O) groups excluding carboxylic acids is 1. The van der Waals surface area contributed by atoms with E-state index in [1.165, 1.54) is 0 Å². The van der Waals surface area contributed by atoms with Crippen molar-refractivity contribution in [2.24, 2.45) is 0 Å². The lowest BCUT2D eigenvalue weighted by Gasteiger charge is -2.22. The zero-order valence-electron chi connectivity index (χ0n) is 9.52. The van der Waals surface area contributed by atoms with Crippen molar-refractivity contribution >= 4 is 11.6 Å². The monoisotopic (exact) mass is 219 g/mol. The van der Waals surface area contributed by atoms with Crippen LogP contribution in [0.5, 0.6) is 0 Å². The Labute approximate surface area is 95.5 Å². The van der Waals surface area contributed by atoms with Crippen molar-refractivity contribution in [3.63, 3.8) is 0 Å². The summed E-state index contributed by atoms with van der Waals surface area (Å²) in [6.07, 6.45) is 6.37. The van der Waals surface area contributed by atoms with Crippen molar-refractivity contribution in [2.75, 3.05) is 12.3 Å². The van der Waals surface area contributed by atoms with Gasteiger partial charge < -0.3 is 10.6 Å². The molecule has 4 nitrogen and oxygen atoms in total. The summed E-state index contributed by atoms with van der Waals surface area (Å²) in [5, 5.41) is 0. The fourth-order valence-corrected chi connectivity index (χ4v) is 1.82. The molecule has 2 rings (SSSR count). The summed E-state index contributed by atoms with van der Waals surface area (Å²) in [6, 6.07) is 2.09. The zero-order valence-corrected chi connectivity index (χ0v) is 9.52. The molecule has 16 heavy (non-hydrogen) atoms. The van der Waals surface area contributed by atoms with Crippen LogP contribution in [0.25, 0.3) is 0 Å². The van der Waals surface area contributed by atoms with E-state index in [0.29, 0.717) is 17.3 Å². The molecule has 1 aromatic heterocycles. The van der Waals surface area contributed by atoms with Gasteiger partial charge in [0.2, 0.25) is 0 Å². The Morgan fingerprint density at radius 3 is 2.94 bits per heavy atom. The number of hydrogen-bond acceptors (Lipinski definition) is 3. The fourth-order valence-electron chi connectivity index (χ4n) is 1.82. The highest BCUT2D eigenvalue weighted by atomic mass is 16.2. The van der Waals surface area contributed by atoms with Crippen LogP contribution in [0.4, 0.5) is 5.69 Å². The van der Waals surface area contributed by atoms with Gasteiger partial charge in [-0.2, -0.15) is 0 Å². The predicted octanol–water partition coefficient (Wildman–Crippen LogP) is 1.68. The van der Waals surface area contributed by atoms with Crippen LogP contribution in [-0.2, 0) is 0 Å². The van der Waals surface area contributed by atoms with E-state index in [2.05, 4.69) is 11.9 Å². The van der Waals surface area contributed by atoms with Gasteiger partial charge in [-0.1, -0.05) is 6.92 Å². The number of hydrogen-bond donors (Lipinski definition) is 1. The van der Waals surface area contributed by atoms with Crippen LogP contribution in [0.2, 0.25) is 0 Å². The summed E-state index contributed by atoms with van der Waals surface area (Å²) >= 11 is 0. The molecule has 1 heterocycles. The van der Waals surface area contributed by atoms with Gasteiger partial charge in [0.05, 0.1) is 5.56 Å². The van der Waals surface area contributed by atoms with Crippen LogP contribution in [0.3, 0.4) is 0 Å². The van der Waals surface area contributed by atoms with Crippen molar-refractivity contribution in [1.29, 1.82) is 0 Å². The van der Waals surface area contributed by atoms with Crippen LogP contribution >= 0.6 is 0 Å². The second kappa shape index (κ2) is 4.51. The van der Waals surface area contributed by atoms with Gasteiger partial charge in [-0.3, -0.25) is 9.78 Å². The molecule has 0 saturated heterocycles. The Hall–Kier alpha value is -1.58. The van der Waals surface area contributed by atoms with E-state index in [9.17, 15) is 4.79 Å². The third-order valence-electron chi connectivity index (χ3n) is 2.80. The summed E-state index contributed by atoms with van der Waals surface area (Å²) in [5.41, 5.74) is 6.83. The molecule has 0 aromatic carbocycles. The number of nitrogen functional groups attached to an aromatic ring is 1. The van der Waals surface area contributed by atoms with Crippen LogP contribution in [0.15, 0.2) is 18.5 Å². The van der Waals surface area contributed by atoms with Crippen molar-refractivity contribution < 1.29 is 4.79 Å². The molecule has 1 amide bonds. The highest BCUT2D eigenvalue weighted by molar-refractivity contribution is 5.99. The summed E-state index contributed by atoms with van der Waals surface area (Å²) in [7, 11) is 0. The summed E-state index contributed by atoms with van der Waals surface area (Å²) in [5.74, 6) is 0.0231. The first kappa shape index (κ1) is 10.9. The Morgan fingerprint density at radius 2 is 2.38 bits per heavy atom. The Morgan fingerprint density at radius 1 is 1.62 bits per heavy atom. The van der Waals surface area contributed by atoms with Crippen LogP contribution in [0, 0.1) is 0 Å². The average molecular weight is 219 g/mol. The molecule has 0 radical (unpaired) electrons. The molecule has 1 aliphatic rings. The van der Waals surface area contributed by atoms with Crippen LogP contribution in [0.1, 0.15) is 36.5 Å². The Balaban J connectivity index is 2.19. The molecular formula is C12H17N3O. The van der Waals surface area contributed by atoms with E-state index >= 15 is 0 Å². The van der Waals surface area contributed by atoms with Gasteiger partial charge in [-0.05, 0) is 25.3 Å². The van der Waals surface area contributed by atoms with Gasteiger partial charge in [0.1, 0.15) is 0 Å². The lowest BCUT2D eigenvalue weighted by molar-refractivity contribution is 0.0744. The van der Waals surface area contributed by atoms with E-state index in [0.717, 1.165) is 25.8 Å². The molecule has 1 fully saturated rings. The molecule has 2 N–H and O–H groups in total. The molecule has 0 unspecified atom stereocenters. The van der Waals surface area contributed by atoms with Gasteiger partial charge in [0.25, 0.3) is 5.91 Å². The second-order valence-corrected chi connectivity index (χ2v) is 4.19. The normalized spacial score (nSPS) is 14.8. The highest BCUT2D eigenvalue weighted by Gasteiger charge is 2.32. The minimum absolute atomic E-state index is 0.0231. The molecule has 0 spiro atoms. The SMILES string of the molecule is CCCN(C(=O)c1cnccc1N)C1CC1. The molecule has 0 aliphatic heterocycles. The number of carbonyl (C=O) groups is 1. The minimum Gasteiger partial charge on any atom is -0.398 e. The van der Waals surface area contributed by atoms with E-state index < -0.39 is 0 Å². The maximum absolute atomic E-state index is 12.2. The number of nitrogens with two attached hydrogens (primary N) is 1. The summed E-state index contributed by atoms with van der Waals surface area (Å²) in [4.78, 5) is 18.1. The van der Waals surface area contributed by atoms with E-state index in [1.807, 2.05) is 4.90 Å². The molecule has 1 aromatic rings. The average Bonchev–Trinajstić information content (AvgIpc) is 3.09. The number of rotatable bonds is 4. The molecule has 1 saturated carbocycles. The van der Waals surface area contributed by atoms with E-state index in [4.69, 9.17) is 5.73 Å². The second-order valence-electron chi connectivity index (χ2n) is 4.19. The Kier molecular flexibility index (Phi) is 3.08. The van der Waals surface area contributed by atoms with Gasteiger partial charge >= 0.3 is 0 Å². The lowest BCUT2D eigenvalue weighted by atomic mass is 10.2. The molecule has 0 atom stereocenters. The maximum Gasteiger partial charge on any atom is 0.257 e. The van der Waals surface area contributed by atoms with Crippen LogP contribution < -0.4 is 5.73 Å². The number of amides is 1. The summed E-state index contributed by atoms with van der Waals surface area (Å²) in [6.45, 7) is 2.88. The largest absolute Gasteiger partial charge is 0.398 e. The van der Waals surface area contributed by atoms with Gasteiger partial charge in [-0.25, -0.2) is 0 Å². The van der Waals surface area contributed by atoms with Crippen molar-refractivity contribution in [3.05, 3.63) is 24.0 Å². The van der Waals surface area contributed by atoms with Crippen molar-refractivity contribution in [1.82, 2.24) is 9.88 Å². The van der Waals surface area contributed by atoms with Crippen LogP contribution in [-0.4, -0.2) is 28.4 Å². The molecule has 1 aliphatic carbocycles. The molecular weight excluding hydrogens is 202 g/mol. The van der Waals surface area contributed by atoms with Crippen molar-refractivity contribution in [3.8, 4) is 0 Å². The third kappa shape index (κ3) is 2.15. The zero-order chi connectivity index (χ0) is 11.5. The smallest absolute Gasteiger partial charge is 0.257 e. The topological polar surface area (TPSA) is 59.2 Å². The molecule has 0 bridgehead atoms. The quantitative estimate of drug-likeness (QED) is 0.838. The van der Waals surface area contributed by atoms with Gasteiger partial charge in [0, 0.05) is 30.7 Å². The number of aromatic nitrogens is 1. The first-order valence-electron chi connectivity index (χ1n) is 5.74. The number of anilines is 1. The first-order valence-corrected chi connectivity index (χ1v) is 5.74. The van der Waals surface area contributed by atoms with Gasteiger partial charge in [0.15, 0.2) is 0 Å². The first-order chi connectivity index (χ1) is 7.74. The highest BCUT2D eigenvalue weighted by Crippen LogP contribution is 2.29. The fraction of sp³-hybridized carbons (Fsp3) is 0.500. The van der Waals surface area contributed by atoms with Crippen molar-refractivity contribution in [2.45, 2.75) is 32.2 Å². The third-order valence-corrected chi connectivity index (χ3v) is 2.80. The van der Waals surface area contributed by atoms with Gasteiger partial charge in [-0.15, -0.1) is 0 Å². The minimum atomic E-state index is 0.0231. The number of nitrogens with zero attached hydrogens (tertiary/aromatic N) is 2. The Bertz CT molecular complexity index is 388. The molecule has 86 valence electrons. The number of pyridine rings is 1. The van der Waals surface area contributed by atoms with E-state index in [-0.39, 0.29) is 5.91 Å². The maximum atomic E-state index is 12.2. The standard InChI is InChI=1S/C12H17N3O/c1-2-7-15(9-3-4-9)12(16)10-8-14-6-5-11(10)13/h5-6,8-9H,2-4,7H2,1H3,(H2,13,14). The predicted molar refractivity (Wildman–Crippen MR) is 63.0 cm³/mol. The lowest BCUT2D eigenvalue weighted by Crippen LogP contribution is -2.34. The molecule has 4 heteroatoms. The summed E-state index contributed by atoms with van der Waals surface area (Å²) < 4.78 is 0. The van der Waals surface area contributed by atoms with E-state index in [1.54, 1.807) is 18.5 Å².